The molecule has 0 unspecified atom stereocenters. The first-order valence-electron chi connectivity index (χ1n) is 8.78. The van der Waals surface area contributed by atoms with E-state index in [-0.39, 0.29) is 12.3 Å². The van der Waals surface area contributed by atoms with Gasteiger partial charge in [-0.15, -0.1) is 16.4 Å². The van der Waals surface area contributed by atoms with Gasteiger partial charge in [-0.05, 0) is 24.3 Å². The lowest BCUT2D eigenvalue weighted by atomic mass is 10.2. The van der Waals surface area contributed by atoms with Crippen molar-refractivity contribution in [1.29, 1.82) is 0 Å². The number of anilines is 1. The number of thiazole rings is 1. The van der Waals surface area contributed by atoms with E-state index in [4.69, 9.17) is 23.2 Å². The van der Waals surface area contributed by atoms with E-state index in [0.717, 1.165) is 5.56 Å². The van der Waals surface area contributed by atoms with Crippen LogP contribution >= 0.6 is 34.5 Å². The fraction of sp³-hybridized carbons (Fsp3) is 0.0526. The van der Waals surface area contributed by atoms with Crippen LogP contribution in [0.2, 0.25) is 10.0 Å². The maximum Gasteiger partial charge on any atom is 0.354 e. The van der Waals surface area contributed by atoms with Crippen molar-refractivity contribution < 1.29 is 9.90 Å². The van der Waals surface area contributed by atoms with E-state index in [1.807, 2.05) is 6.07 Å². The minimum atomic E-state index is -1.19. The molecule has 0 saturated carbocycles. The molecular formula is C19H13Cl2N7O2S. The quantitative estimate of drug-likeness (QED) is 0.303. The molecule has 0 spiro atoms. The summed E-state index contributed by atoms with van der Waals surface area (Å²) in [5.41, 5.74) is 5.13. The number of pyridine rings is 1. The number of hydrogen-bond acceptors (Lipinski definition) is 8. The van der Waals surface area contributed by atoms with Gasteiger partial charge in [-0.3, -0.25) is 10.4 Å². The average molecular weight is 474 g/mol. The van der Waals surface area contributed by atoms with Gasteiger partial charge in [0.05, 0.1) is 34.2 Å². The summed E-state index contributed by atoms with van der Waals surface area (Å²) in [7, 11) is 0. The van der Waals surface area contributed by atoms with Crippen molar-refractivity contribution in [1.82, 2.24) is 25.0 Å². The third kappa shape index (κ3) is 5.05. The zero-order valence-corrected chi connectivity index (χ0v) is 17.9. The molecule has 4 aromatic rings. The Morgan fingerprint density at radius 1 is 1.16 bits per heavy atom. The summed E-state index contributed by atoms with van der Waals surface area (Å²) in [5, 5.41) is 24.5. The molecule has 0 aliphatic heterocycles. The molecule has 3 heterocycles. The van der Waals surface area contributed by atoms with Crippen molar-refractivity contribution in [3.63, 3.8) is 0 Å². The Labute approximate surface area is 190 Å². The highest BCUT2D eigenvalue weighted by molar-refractivity contribution is 7.14. The Bertz CT molecular complexity index is 1260. The Hall–Kier alpha value is -3.34. The highest BCUT2D eigenvalue weighted by atomic mass is 35.5. The van der Waals surface area contributed by atoms with Crippen molar-refractivity contribution >= 4 is 51.4 Å². The number of aliphatic carboxylic acids is 1. The first-order chi connectivity index (χ1) is 15.0. The van der Waals surface area contributed by atoms with Gasteiger partial charge in [0.1, 0.15) is 5.69 Å². The lowest BCUT2D eigenvalue weighted by Gasteiger charge is -2.02. The van der Waals surface area contributed by atoms with Crippen LogP contribution in [0.5, 0.6) is 0 Å². The predicted molar refractivity (Wildman–Crippen MR) is 120 cm³/mol. The monoisotopic (exact) mass is 473 g/mol. The Balaban J connectivity index is 1.48. The minimum Gasteiger partial charge on any atom is -0.477 e. The first-order valence-corrected chi connectivity index (χ1v) is 10.4. The molecule has 0 atom stereocenters. The largest absolute Gasteiger partial charge is 0.477 e. The van der Waals surface area contributed by atoms with Crippen LogP contribution in [0.3, 0.4) is 0 Å². The Morgan fingerprint density at radius 2 is 2.03 bits per heavy atom. The molecule has 9 nitrogen and oxygen atoms in total. The summed E-state index contributed by atoms with van der Waals surface area (Å²) in [4.78, 5) is 20.2. The van der Waals surface area contributed by atoms with Crippen LogP contribution in [-0.4, -0.2) is 41.7 Å². The molecule has 0 aliphatic rings. The molecule has 156 valence electrons. The average Bonchev–Trinajstić information content (AvgIpc) is 3.43. The van der Waals surface area contributed by atoms with E-state index in [2.05, 4.69) is 30.8 Å². The minimum absolute atomic E-state index is 0.0901. The molecule has 12 heteroatoms. The van der Waals surface area contributed by atoms with E-state index in [9.17, 15) is 9.90 Å². The van der Waals surface area contributed by atoms with Gasteiger partial charge in [-0.1, -0.05) is 40.5 Å². The van der Waals surface area contributed by atoms with E-state index < -0.39 is 5.97 Å². The van der Waals surface area contributed by atoms with Crippen LogP contribution in [0.25, 0.3) is 22.6 Å². The molecule has 0 aliphatic carbocycles. The van der Waals surface area contributed by atoms with Crippen LogP contribution < -0.4 is 5.43 Å². The number of hydrogen-bond donors (Lipinski definition) is 2. The maximum absolute atomic E-state index is 11.6. The van der Waals surface area contributed by atoms with Crippen LogP contribution in [0.15, 0.2) is 59.3 Å². The summed E-state index contributed by atoms with van der Waals surface area (Å²) in [5.74, 6) is -1.19. The number of nitrogens with zero attached hydrogens (tertiary/aromatic N) is 6. The summed E-state index contributed by atoms with van der Waals surface area (Å²) in [6.45, 7) is -0.0901. The normalized spacial score (nSPS) is 11.5. The van der Waals surface area contributed by atoms with Crippen molar-refractivity contribution in [3.05, 3.63) is 64.2 Å². The summed E-state index contributed by atoms with van der Waals surface area (Å²) in [6, 6.07) is 10.6. The van der Waals surface area contributed by atoms with Crippen molar-refractivity contribution in [2.45, 2.75) is 6.54 Å². The van der Waals surface area contributed by atoms with Crippen molar-refractivity contribution in [2.75, 3.05) is 5.43 Å². The highest BCUT2D eigenvalue weighted by Gasteiger charge is 2.14. The van der Waals surface area contributed by atoms with Gasteiger partial charge in [0.15, 0.2) is 5.71 Å². The number of halogens is 2. The molecule has 0 fully saturated rings. The van der Waals surface area contributed by atoms with Crippen LogP contribution in [0.1, 0.15) is 0 Å². The number of nitrogens with one attached hydrogen (secondary N) is 1. The molecule has 4 rings (SSSR count). The van der Waals surface area contributed by atoms with E-state index >= 15 is 0 Å². The van der Waals surface area contributed by atoms with Gasteiger partial charge in [-0.2, -0.15) is 5.10 Å². The smallest absolute Gasteiger partial charge is 0.354 e. The fourth-order valence-electron chi connectivity index (χ4n) is 2.54. The lowest BCUT2D eigenvalue weighted by Crippen LogP contribution is -2.21. The standard InChI is InChI=1S/C19H13Cl2N7O2S/c20-12-5-4-11(7-13(12)21)17-10-31-19(23-17)26-24-16(18(29)30)9-28-8-15(25-27-28)14-3-1-2-6-22-14/h1-8,10H,9H2,(H,23,26)(H,29,30). The van der Waals surface area contributed by atoms with E-state index in [1.165, 1.54) is 16.0 Å². The number of carboxylic acids is 1. The number of carboxylic acid groups (broad SMARTS) is 1. The van der Waals surface area contributed by atoms with E-state index in [0.29, 0.717) is 32.3 Å². The number of rotatable bonds is 7. The number of hydrazone groups is 1. The maximum atomic E-state index is 11.6. The molecule has 0 radical (unpaired) electrons. The summed E-state index contributed by atoms with van der Waals surface area (Å²) in [6.07, 6.45) is 3.25. The molecule has 0 amide bonds. The van der Waals surface area contributed by atoms with Gasteiger partial charge >= 0.3 is 5.97 Å². The fourth-order valence-corrected chi connectivity index (χ4v) is 3.50. The number of carbonyl (C=O) groups is 1. The van der Waals surface area contributed by atoms with Crippen molar-refractivity contribution in [3.8, 4) is 22.6 Å². The second-order valence-electron chi connectivity index (χ2n) is 6.16. The topological polar surface area (TPSA) is 118 Å². The second kappa shape index (κ2) is 9.21. The van der Waals surface area contributed by atoms with Gasteiger partial charge in [0.25, 0.3) is 0 Å². The molecule has 0 bridgehead atoms. The summed E-state index contributed by atoms with van der Waals surface area (Å²) < 4.78 is 1.38. The van der Waals surface area contributed by atoms with E-state index in [1.54, 1.807) is 48.1 Å². The molecule has 31 heavy (non-hydrogen) atoms. The van der Waals surface area contributed by atoms with Gasteiger partial charge in [0.2, 0.25) is 5.13 Å². The Kier molecular flexibility index (Phi) is 6.21. The van der Waals surface area contributed by atoms with Gasteiger partial charge in [0, 0.05) is 17.1 Å². The number of aromatic nitrogens is 5. The SMILES string of the molecule is O=C(O)C(Cn1cc(-c2ccccn2)nn1)=NNc1nc(-c2ccc(Cl)c(Cl)c2)cs1. The van der Waals surface area contributed by atoms with Crippen LogP contribution in [0, 0.1) is 0 Å². The third-order valence-corrected chi connectivity index (χ3v) is 5.52. The van der Waals surface area contributed by atoms with Crippen molar-refractivity contribution in [2.24, 2.45) is 5.10 Å². The molecule has 0 saturated heterocycles. The highest BCUT2D eigenvalue weighted by Crippen LogP contribution is 2.30. The zero-order chi connectivity index (χ0) is 21.8. The number of benzene rings is 1. The third-order valence-electron chi connectivity index (χ3n) is 4.03. The predicted octanol–water partition coefficient (Wildman–Crippen LogP) is 4.32. The zero-order valence-electron chi connectivity index (χ0n) is 15.6. The lowest BCUT2D eigenvalue weighted by molar-refractivity contribution is -0.129. The molecule has 1 aromatic carbocycles. The van der Waals surface area contributed by atoms with Crippen LogP contribution in [0.4, 0.5) is 5.13 Å². The molecular weight excluding hydrogens is 461 g/mol. The molecule has 3 aromatic heterocycles. The first kappa shape index (κ1) is 20.9. The van der Waals surface area contributed by atoms with Crippen LogP contribution in [-0.2, 0) is 11.3 Å². The van der Waals surface area contributed by atoms with Gasteiger partial charge < -0.3 is 5.11 Å². The Morgan fingerprint density at radius 3 is 2.77 bits per heavy atom. The summed E-state index contributed by atoms with van der Waals surface area (Å²) >= 11 is 13.3. The second-order valence-corrected chi connectivity index (χ2v) is 7.83. The van der Waals surface area contributed by atoms with Gasteiger partial charge in [-0.25, -0.2) is 14.5 Å². The molecule has 2 N–H and O–H groups in total.